The highest BCUT2D eigenvalue weighted by atomic mass is 16.6. The Morgan fingerprint density at radius 1 is 1.33 bits per heavy atom. The van der Waals surface area contributed by atoms with Crippen molar-refractivity contribution in [1.82, 2.24) is 4.98 Å². The molecule has 2 rings (SSSR count). The predicted octanol–water partition coefficient (Wildman–Crippen LogP) is 2.74. The first-order valence-electron chi connectivity index (χ1n) is 5.20. The molecule has 0 fully saturated rings. The number of methoxy groups -OCH3 is 1. The number of aromatic nitrogens is 1. The summed E-state index contributed by atoms with van der Waals surface area (Å²) in [6.45, 7) is 0. The molecule has 18 heavy (non-hydrogen) atoms. The first kappa shape index (κ1) is 11.8. The second-order valence-electron chi connectivity index (χ2n) is 3.52. The number of anilines is 2. The van der Waals surface area contributed by atoms with Gasteiger partial charge in [0.25, 0.3) is 5.69 Å². The van der Waals surface area contributed by atoms with E-state index in [1.165, 1.54) is 12.3 Å². The zero-order valence-corrected chi connectivity index (χ0v) is 9.66. The van der Waals surface area contributed by atoms with Gasteiger partial charge in [0.2, 0.25) is 0 Å². The van der Waals surface area contributed by atoms with E-state index in [1.807, 2.05) is 24.3 Å². The van der Waals surface area contributed by atoms with Crippen molar-refractivity contribution in [2.75, 3.05) is 12.4 Å². The summed E-state index contributed by atoms with van der Waals surface area (Å²) in [5.74, 6) is 1.26. The van der Waals surface area contributed by atoms with Crippen LogP contribution in [0.2, 0.25) is 0 Å². The Hall–Kier alpha value is -2.63. The largest absolute Gasteiger partial charge is 0.497 e. The number of pyridine rings is 1. The van der Waals surface area contributed by atoms with Gasteiger partial charge in [-0.1, -0.05) is 6.07 Å². The lowest BCUT2D eigenvalue weighted by atomic mass is 10.3. The number of nitrogens with zero attached hydrogens (tertiary/aromatic N) is 2. The molecule has 0 amide bonds. The number of hydrogen-bond acceptors (Lipinski definition) is 5. The highest BCUT2D eigenvalue weighted by Gasteiger charge is 2.05. The van der Waals surface area contributed by atoms with Crippen LogP contribution in [0.25, 0.3) is 0 Å². The zero-order chi connectivity index (χ0) is 13.0. The molecule has 1 aromatic carbocycles. The molecule has 0 unspecified atom stereocenters. The van der Waals surface area contributed by atoms with E-state index in [-0.39, 0.29) is 5.69 Å². The molecule has 0 aliphatic rings. The van der Waals surface area contributed by atoms with Crippen molar-refractivity contribution < 1.29 is 9.66 Å². The van der Waals surface area contributed by atoms with Gasteiger partial charge in [0.05, 0.1) is 12.0 Å². The van der Waals surface area contributed by atoms with E-state index in [0.717, 1.165) is 11.4 Å². The van der Waals surface area contributed by atoms with Crippen LogP contribution in [0.4, 0.5) is 17.2 Å². The van der Waals surface area contributed by atoms with E-state index in [2.05, 4.69) is 10.3 Å². The number of nitro groups is 1. The van der Waals surface area contributed by atoms with Gasteiger partial charge >= 0.3 is 0 Å². The summed E-state index contributed by atoms with van der Waals surface area (Å²) in [7, 11) is 1.59. The quantitative estimate of drug-likeness (QED) is 0.662. The SMILES string of the molecule is COc1cccc(Nc2ccc([N+](=O)[O-])cn2)c1. The molecule has 0 atom stereocenters. The van der Waals surface area contributed by atoms with Crippen molar-refractivity contribution in [3.05, 3.63) is 52.7 Å². The Morgan fingerprint density at radius 2 is 2.17 bits per heavy atom. The second-order valence-corrected chi connectivity index (χ2v) is 3.52. The average molecular weight is 245 g/mol. The second kappa shape index (κ2) is 5.13. The van der Waals surface area contributed by atoms with Gasteiger partial charge in [-0.3, -0.25) is 10.1 Å². The molecule has 0 aliphatic carbocycles. The van der Waals surface area contributed by atoms with Gasteiger partial charge in [-0.2, -0.15) is 0 Å². The highest BCUT2D eigenvalue weighted by Crippen LogP contribution is 2.21. The van der Waals surface area contributed by atoms with Crippen LogP contribution in [0.1, 0.15) is 0 Å². The normalized spacial score (nSPS) is 9.83. The van der Waals surface area contributed by atoms with Gasteiger partial charge in [0, 0.05) is 17.8 Å². The van der Waals surface area contributed by atoms with E-state index < -0.39 is 4.92 Å². The van der Waals surface area contributed by atoms with Gasteiger partial charge in [-0.05, 0) is 18.2 Å². The minimum atomic E-state index is -0.484. The third-order valence-electron chi connectivity index (χ3n) is 2.30. The van der Waals surface area contributed by atoms with E-state index in [9.17, 15) is 10.1 Å². The summed E-state index contributed by atoms with van der Waals surface area (Å²) in [5.41, 5.74) is 0.766. The lowest BCUT2D eigenvalue weighted by Gasteiger charge is -2.06. The predicted molar refractivity (Wildman–Crippen MR) is 67.2 cm³/mol. The van der Waals surface area contributed by atoms with Gasteiger partial charge in [-0.15, -0.1) is 0 Å². The van der Waals surface area contributed by atoms with Crippen LogP contribution in [0, 0.1) is 10.1 Å². The van der Waals surface area contributed by atoms with Gasteiger partial charge in [0.15, 0.2) is 0 Å². The monoisotopic (exact) mass is 245 g/mol. The van der Waals surface area contributed by atoms with Crippen molar-refractivity contribution >= 4 is 17.2 Å². The van der Waals surface area contributed by atoms with E-state index >= 15 is 0 Å². The van der Waals surface area contributed by atoms with Crippen molar-refractivity contribution in [1.29, 1.82) is 0 Å². The maximum atomic E-state index is 10.5. The molecule has 1 aromatic heterocycles. The molecule has 0 aliphatic heterocycles. The van der Waals surface area contributed by atoms with Crippen LogP contribution in [-0.4, -0.2) is 17.0 Å². The molecular formula is C12H11N3O3. The van der Waals surface area contributed by atoms with E-state index in [1.54, 1.807) is 13.2 Å². The third kappa shape index (κ3) is 2.73. The van der Waals surface area contributed by atoms with Crippen molar-refractivity contribution in [3.63, 3.8) is 0 Å². The zero-order valence-electron chi connectivity index (χ0n) is 9.66. The fraction of sp³-hybridized carbons (Fsp3) is 0.0833. The van der Waals surface area contributed by atoms with Gasteiger partial charge in [-0.25, -0.2) is 4.98 Å². The standard InChI is InChI=1S/C12H11N3O3/c1-18-11-4-2-3-9(7-11)14-12-6-5-10(8-13-12)15(16)17/h2-8H,1H3,(H,13,14). The van der Waals surface area contributed by atoms with Crippen LogP contribution < -0.4 is 10.1 Å². The number of nitrogens with one attached hydrogen (secondary N) is 1. The number of hydrogen-bond donors (Lipinski definition) is 1. The molecule has 0 saturated heterocycles. The molecule has 0 radical (unpaired) electrons. The minimum Gasteiger partial charge on any atom is -0.497 e. The average Bonchev–Trinajstić information content (AvgIpc) is 2.39. The van der Waals surface area contributed by atoms with Crippen molar-refractivity contribution in [3.8, 4) is 5.75 Å². The Morgan fingerprint density at radius 3 is 2.78 bits per heavy atom. The Balaban J connectivity index is 2.15. The number of benzene rings is 1. The Bertz CT molecular complexity index is 555. The van der Waals surface area contributed by atoms with Crippen molar-refractivity contribution in [2.45, 2.75) is 0 Å². The van der Waals surface area contributed by atoms with Gasteiger partial charge in [0.1, 0.15) is 17.8 Å². The molecule has 0 bridgehead atoms. The molecule has 1 heterocycles. The topological polar surface area (TPSA) is 77.3 Å². The summed E-state index contributed by atoms with van der Waals surface area (Å²) < 4.78 is 5.09. The molecule has 0 saturated carbocycles. The maximum absolute atomic E-state index is 10.5. The molecule has 6 nitrogen and oxygen atoms in total. The first-order chi connectivity index (χ1) is 8.69. The van der Waals surface area contributed by atoms with Crippen LogP contribution in [0.5, 0.6) is 5.75 Å². The molecule has 92 valence electrons. The molecule has 2 aromatic rings. The third-order valence-corrected chi connectivity index (χ3v) is 2.30. The van der Waals surface area contributed by atoms with Crippen LogP contribution >= 0.6 is 0 Å². The fourth-order valence-electron chi connectivity index (χ4n) is 1.42. The van der Waals surface area contributed by atoms with E-state index in [0.29, 0.717) is 5.82 Å². The summed E-state index contributed by atoms with van der Waals surface area (Å²) in [6.07, 6.45) is 1.21. The minimum absolute atomic E-state index is 0.0359. The van der Waals surface area contributed by atoms with Crippen LogP contribution in [0.15, 0.2) is 42.6 Å². The van der Waals surface area contributed by atoms with Crippen LogP contribution in [0.3, 0.4) is 0 Å². The van der Waals surface area contributed by atoms with Crippen LogP contribution in [-0.2, 0) is 0 Å². The molecule has 6 heteroatoms. The molecule has 0 spiro atoms. The summed E-state index contributed by atoms with van der Waals surface area (Å²) in [4.78, 5) is 14.0. The molecular weight excluding hydrogens is 234 g/mol. The smallest absolute Gasteiger partial charge is 0.287 e. The van der Waals surface area contributed by atoms with E-state index in [4.69, 9.17) is 4.74 Å². The maximum Gasteiger partial charge on any atom is 0.287 e. The summed E-state index contributed by atoms with van der Waals surface area (Å²) in [6, 6.07) is 10.3. The summed E-state index contributed by atoms with van der Waals surface area (Å²) >= 11 is 0. The first-order valence-corrected chi connectivity index (χ1v) is 5.20. The summed E-state index contributed by atoms with van der Waals surface area (Å²) in [5, 5.41) is 13.5. The van der Waals surface area contributed by atoms with Gasteiger partial charge < -0.3 is 10.1 Å². The Kier molecular flexibility index (Phi) is 3.38. The highest BCUT2D eigenvalue weighted by molar-refractivity contribution is 5.58. The number of rotatable bonds is 4. The Labute approximate surface area is 103 Å². The fourth-order valence-corrected chi connectivity index (χ4v) is 1.42. The lowest BCUT2D eigenvalue weighted by Crippen LogP contribution is -1.95. The van der Waals surface area contributed by atoms with Crippen molar-refractivity contribution in [2.24, 2.45) is 0 Å². The lowest BCUT2D eigenvalue weighted by molar-refractivity contribution is -0.385. The molecule has 1 N–H and O–H groups in total. The number of ether oxygens (including phenoxy) is 1.